The van der Waals surface area contributed by atoms with Crippen LogP contribution in [0.25, 0.3) is 16.6 Å². The lowest BCUT2D eigenvalue weighted by atomic mass is 9.97. The van der Waals surface area contributed by atoms with Crippen LogP contribution in [0.4, 0.5) is 16.0 Å². The number of aliphatic hydroxyl groups excluding tert-OH is 1. The summed E-state index contributed by atoms with van der Waals surface area (Å²) in [4.78, 5) is 11.4. The molecule has 1 saturated heterocycles. The Hall–Kier alpha value is -3.47. The molecule has 5 rings (SSSR count). The van der Waals surface area contributed by atoms with E-state index in [9.17, 15) is 9.50 Å². The Morgan fingerprint density at radius 1 is 1.27 bits per heavy atom. The Labute approximate surface area is 189 Å². The van der Waals surface area contributed by atoms with Gasteiger partial charge in [-0.1, -0.05) is 0 Å². The number of rotatable bonds is 5. The predicted molar refractivity (Wildman–Crippen MR) is 122 cm³/mol. The smallest absolute Gasteiger partial charge is 0.223 e. The fourth-order valence-electron chi connectivity index (χ4n) is 4.33. The maximum atomic E-state index is 14.4. The van der Waals surface area contributed by atoms with Crippen molar-refractivity contribution in [2.24, 2.45) is 0 Å². The molecule has 0 spiro atoms. The summed E-state index contributed by atoms with van der Waals surface area (Å²) in [5, 5.41) is 19.4. The van der Waals surface area contributed by atoms with Crippen molar-refractivity contribution in [3.8, 4) is 5.75 Å². The Bertz CT molecular complexity index is 1320. The molecule has 3 atom stereocenters. The minimum Gasteiger partial charge on any atom is -0.494 e. The Kier molecular flexibility index (Phi) is 5.28. The number of benzene rings is 1. The van der Waals surface area contributed by atoms with Crippen LogP contribution < -0.4 is 15.4 Å². The summed E-state index contributed by atoms with van der Waals surface area (Å²) in [5.41, 5.74) is 8.12. The number of hydrogen-bond acceptors (Lipinski definition) is 8. The summed E-state index contributed by atoms with van der Waals surface area (Å²) in [5.74, 6) is 0.531. The van der Waals surface area contributed by atoms with Crippen molar-refractivity contribution in [2.45, 2.75) is 44.8 Å². The van der Waals surface area contributed by atoms with Gasteiger partial charge in [0.2, 0.25) is 5.95 Å². The molecule has 33 heavy (non-hydrogen) atoms. The van der Waals surface area contributed by atoms with Gasteiger partial charge in [0, 0.05) is 36.7 Å². The summed E-state index contributed by atoms with van der Waals surface area (Å²) in [6.07, 6.45) is 5.19. The second kappa shape index (κ2) is 8.14. The predicted octanol–water partition coefficient (Wildman–Crippen LogP) is 2.53. The first-order valence-corrected chi connectivity index (χ1v) is 11.0. The molecule has 174 valence electrons. The van der Waals surface area contributed by atoms with Crippen LogP contribution in [0.1, 0.15) is 44.5 Å². The highest BCUT2D eigenvalue weighted by Crippen LogP contribution is 2.31. The van der Waals surface area contributed by atoms with Gasteiger partial charge in [-0.2, -0.15) is 9.61 Å². The summed E-state index contributed by atoms with van der Waals surface area (Å²) < 4.78 is 22.7. The van der Waals surface area contributed by atoms with E-state index < -0.39 is 11.9 Å². The number of nitrogens with two attached hydrogens (primary N) is 1. The summed E-state index contributed by atoms with van der Waals surface area (Å²) in [6.45, 7) is 5.31. The van der Waals surface area contributed by atoms with Gasteiger partial charge in [0.1, 0.15) is 0 Å². The number of fused-ring (bicyclic) bond motifs is 3. The van der Waals surface area contributed by atoms with Crippen molar-refractivity contribution in [3.05, 3.63) is 36.2 Å². The van der Waals surface area contributed by atoms with Crippen molar-refractivity contribution >= 4 is 28.2 Å². The average molecular weight is 455 g/mol. The third-order valence-electron chi connectivity index (χ3n) is 6.44. The van der Waals surface area contributed by atoms with Gasteiger partial charge in [-0.3, -0.25) is 4.68 Å². The van der Waals surface area contributed by atoms with E-state index in [-0.39, 0.29) is 23.7 Å². The van der Waals surface area contributed by atoms with E-state index >= 15 is 0 Å². The average Bonchev–Trinajstić information content (AvgIpc) is 3.47. The molecular weight excluding hydrogens is 427 g/mol. The SMILES string of the molecule is COc1cc2nc(N)n3nc(C4CCCN(c5cnn([C@H](C)[C@H](C)O)c5)C4)nc3c2cc1F. The van der Waals surface area contributed by atoms with Gasteiger partial charge < -0.3 is 20.5 Å². The van der Waals surface area contributed by atoms with Crippen LogP contribution in [0.15, 0.2) is 24.5 Å². The number of aromatic nitrogens is 6. The molecule has 1 unspecified atom stereocenters. The molecule has 3 N–H and O–H groups in total. The molecule has 1 aromatic carbocycles. The zero-order chi connectivity index (χ0) is 23.3. The molecular formula is C22H27FN8O2. The van der Waals surface area contributed by atoms with Crippen LogP contribution >= 0.6 is 0 Å². The molecule has 1 fully saturated rings. The van der Waals surface area contributed by atoms with Gasteiger partial charge in [-0.25, -0.2) is 14.4 Å². The van der Waals surface area contributed by atoms with E-state index in [1.54, 1.807) is 11.6 Å². The summed E-state index contributed by atoms with van der Waals surface area (Å²) in [6, 6.07) is 2.77. The van der Waals surface area contributed by atoms with E-state index in [4.69, 9.17) is 15.5 Å². The van der Waals surface area contributed by atoms with Crippen LogP contribution in [0.5, 0.6) is 5.75 Å². The van der Waals surface area contributed by atoms with E-state index in [1.165, 1.54) is 23.8 Å². The van der Waals surface area contributed by atoms with E-state index in [2.05, 4.69) is 20.1 Å². The molecule has 11 heteroatoms. The van der Waals surface area contributed by atoms with Crippen molar-refractivity contribution in [3.63, 3.8) is 0 Å². The first-order valence-electron chi connectivity index (χ1n) is 11.0. The zero-order valence-corrected chi connectivity index (χ0v) is 18.8. The standard InChI is InChI=1S/C22H27FN8O2/c1-12(13(2)32)30-11-15(9-25-30)29-6-4-5-14(10-29)20-27-21-16-7-17(23)19(33-3)8-18(16)26-22(24)31(21)28-20/h7-9,11-14,32H,4-6,10H2,1-3H3,(H2,24,26)/t12-,13+,14?/m1/s1. The fourth-order valence-corrected chi connectivity index (χ4v) is 4.33. The number of piperidine rings is 1. The number of anilines is 2. The van der Waals surface area contributed by atoms with E-state index in [1.807, 2.05) is 19.3 Å². The van der Waals surface area contributed by atoms with Crippen LogP contribution in [-0.4, -0.2) is 60.8 Å². The normalized spacial score (nSPS) is 18.7. The quantitative estimate of drug-likeness (QED) is 0.472. The summed E-state index contributed by atoms with van der Waals surface area (Å²) >= 11 is 0. The van der Waals surface area contributed by atoms with Gasteiger partial charge >= 0.3 is 0 Å². The van der Waals surface area contributed by atoms with Gasteiger partial charge in [0.05, 0.1) is 36.7 Å². The summed E-state index contributed by atoms with van der Waals surface area (Å²) in [7, 11) is 1.41. The van der Waals surface area contributed by atoms with Crippen molar-refractivity contribution < 1.29 is 14.2 Å². The lowest BCUT2D eigenvalue weighted by Crippen LogP contribution is -2.34. The third-order valence-corrected chi connectivity index (χ3v) is 6.44. The second-order valence-corrected chi connectivity index (χ2v) is 8.62. The molecule has 0 radical (unpaired) electrons. The number of halogens is 1. The minimum absolute atomic E-state index is 0.0775. The van der Waals surface area contributed by atoms with Gasteiger partial charge in [-0.15, -0.1) is 5.10 Å². The van der Waals surface area contributed by atoms with Gasteiger partial charge in [0.25, 0.3) is 0 Å². The lowest BCUT2D eigenvalue weighted by molar-refractivity contribution is 0.132. The molecule has 4 heterocycles. The third kappa shape index (κ3) is 3.71. The second-order valence-electron chi connectivity index (χ2n) is 8.62. The van der Waals surface area contributed by atoms with E-state index in [0.29, 0.717) is 22.4 Å². The topological polar surface area (TPSA) is 120 Å². The molecule has 0 amide bonds. The highest BCUT2D eigenvalue weighted by molar-refractivity contribution is 5.93. The molecule has 1 aliphatic rings. The van der Waals surface area contributed by atoms with Crippen LogP contribution in [-0.2, 0) is 0 Å². The number of ether oxygens (including phenoxy) is 1. The zero-order valence-electron chi connectivity index (χ0n) is 18.8. The van der Waals surface area contributed by atoms with Crippen LogP contribution in [0, 0.1) is 5.82 Å². The van der Waals surface area contributed by atoms with Gasteiger partial charge in [0.15, 0.2) is 23.0 Å². The van der Waals surface area contributed by atoms with Gasteiger partial charge in [-0.05, 0) is 32.8 Å². The number of hydrogen-bond donors (Lipinski definition) is 2. The number of nitrogens with zero attached hydrogens (tertiary/aromatic N) is 7. The maximum Gasteiger partial charge on any atom is 0.223 e. The number of methoxy groups -OCH3 is 1. The molecule has 0 saturated carbocycles. The number of aliphatic hydroxyl groups is 1. The maximum absolute atomic E-state index is 14.4. The molecule has 10 nitrogen and oxygen atoms in total. The molecule has 0 bridgehead atoms. The molecule has 1 aliphatic heterocycles. The minimum atomic E-state index is -0.493. The Balaban J connectivity index is 1.47. The van der Waals surface area contributed by atoms with Crippen molar-refractivity contribution in [1.29, 1.82) is 0 Å². The highest BCUT2D eigenvalue weighted by Gasteiger charge is 2.27. The highest BCUT2D eigenvalue weighted by atomic mass is 19.1. The Morgan fingerprint density at radius 2 is 2.09 bits per heavy atom. The van der Waals surface area contributed by atoms with Crippen molar-refractivity contribution in [1.82, 2.24) is 29.4 Å². The first-order chi connectivity index (χ1) is 15.9. The van der Waals surface area contributed by atoms with Crippen molar-refractivity contribution in [2.75, 3.05) is 30.8 Å². The molecule has 0 aliphatic carbocycles. The Morgan fingerprint density at radius 3 is 2.85 bits per heavy atom. The number of nitrogen functional groups attached to an aromatic ring is 1. The molecule has 3 aromatic heterocycles. The molecule has 4 aromatic rings. The van der Waals surface area contributed by atoms with Crippen LogP contribution in [0.2, 0.25) is 0 Å². The fraction of sp³-hybridized carbons (Fsp3) is 0.455. The van der Waals surface area contributed by atoms with E-state index in [0.717, 1.165) is 31.6 Å². The first kappa shape index (κ1) is 21.4. The monoisotopic (exact) mass is 454 g/mol. The largest absolute Gasteiger partial charge is 0.494 e. The lowest BCUT2D eigenvalue weighted by Gasteiger charge is -2.32. The van der Waals surface area contributed by atoms with Crippen LogP contribution in [0.3, 0.4) is 0 Å².